The number of morpholine rings is 1. The first kappa shape index (κ1) is 19.6. The molecule has 4 aliphatic rings. The van der Waals surface area contributed by atoms with Crippen molar-refractivity contribution in [3.63, 3.8) is 0 Å². The summed E-state index contributed by atoms with van der Waals surface area (Å²) in [6.07, 6.45) is 7.60. The molecule has 0 bridgehead atoms. The van der Waals surface area contributed by atoms with E-state index in [9.17, 15) is 14.4 Å². The highest BCUT2D eigenvalue weighted by atomic mass is 16.5. The molecule has 1 atom stereocenters. The van der Waals surface area contributed by atoms with Crippen molar-refractivity contribution in [2.24, 2.45) is 5.92 Å². The van der Waals surface area contributed by atoms with Crippen LogP contribution in [0.15, 0.2) is 0 Å². The van der Waals surface area contributed by atoms with Crippen molar-refractivity contribution in [2.45, 2.75) is 62.9 Å². The lowest BCUT2D eigenvalue weighted by Gasteiger charge is -2.48. The van der Waals surface area contributed by atoms with E-state index in [0.29, 0.717) is 6.54 Å². The van der Waals surface area contributed by atoms with E-state index in [2.05, 4.69) is 15.5 Å². The van der Waals surface area contributed by atoms with Gasteiger partial charge in [0.25, 0.3) is 5.91 Å². The zero-order valence-electron chi connectivity index (χ0n) is 16.8. The molecule has 4 fully saturated rings. The van der Waals surface area contributed by atoms with E-state index in [1.165, 1.54) is 19.3 Å². The first-order valence-electron chi connectivity index (χ1n) is 10.7. The maximum Gasteiger partial charge on any atom is 0.325 e. The number of hydrogen-bond acceptors (Lipinski definition) is 5. The number of carbonyl (C=O) groups is 3. The van der Waals surface area contributed by atoms with Crippen LogP contribution in [0.4, 0.5) is 4.79 Å². The predicted molar refractivity (Wildman–Crippen MR) is 103 cm³/mol. The van der Waals surface area contributed by atoms with E-state index in [0.717, 1.165) is 56.9 Å². The average molecular weight is 393 g/mol. The fourth-order valence-corrected chi connectivity index (χ4v) is 5.11. The molecule has 0 unspecified atom stereocenters. The number of nitrogens with zero attached hydrogens (tertiary/aromatic N) is 2. The molecular formula is C20H32N4O4. The first-order valence-corrected chi connectivity index (χ1v) is 10.7. The molecule has 2 aliphatic carbocycles. The van der Waals surface area contributed by atoms with Crippen LogP contribution in [-0.4, -0.2) is 78.1 Å². The van der Waals surface area contributed by atoms with Crippen molar-refractivity contribution in [3.05, 3.63) is 0 Å². The van der Waals surface area contributed by atoms with Gasteiger partial charge in [0.2, 0.25) is 5.91 Å². The molecule has 8 heteroatoms. The maximum atomic E-state index is 12.7. The monoisotopic (exact) mass is 392 g/mol. The van der Waals surface area contributed by atoms with E-state index in [1.807, 2.05) is 0 Å². The highest BCUT2D eigenvalue weighted by Gasteiger charge is 2.56. The van der Waals surface area contributed by atoms with Gasteiger partial charge in [0.05, 0.1) is 13.2 Å². The first-order chi connectivity index (χ1) is 13.4. The van der Waals surface area contributed by atoms with Crippen LogP contribution in [0.3, 0.4) is 0 Å². The van der Waals surface area contributed by atoms with Gasteiger partial charge in [-0.1, -0.05) is 19.3 Å². The Labute approximate surface area is 166 Å². The van der Waals surface area contributed by atoms with Gasteiger partial charge in [-0.2, -0.15) is 0 Å². The van der Waals surface area contributed by atoms with E-state index in [4.69, 9.17) is 4.74 Å². The fraction of sp³-hybridized carbons (Fsp3) is 0.850. The Morgan fingerprint density at radius 3 is 2.50 bits per heavy atom. The second-order valence-electron chi connectivity index (χ2n) is 8.96. The molecule has 156 valence electrons. The van der Waals surface area contributed by atoms with Crippen LogP contribution >= 0.6 is 0 Å². The van der Waals surface area contributed by atoms with Crippen molar-refractivity contribution in [3.8, 4) is 0 Å². The van der Waals surface area contributed by atoms with Crippen LogP contribution in [0.5, 0.6) is 0 Å². The number of hydrogen-bond donors (Lipinski definition) is 2. The Balaban J connectivity index is 1.36. The third-order valence-electron chi connectivity index (χ3n) is 7.08. The second-order valence-corrected chi connectivity index (χ2v) is 8.96. The Hall–Kier alpha value is -1.67. The summed E-state index contributed by atoms with van der Waals surface area (Å²) in [6, 6.07) is -0.449. The van der Waals surface area contributed by atoms with Crippen LogP contribution in [-0.2, 0) is 14.3 Å². The Bertz CT molecular complexity index is 638. The molecule has 28 heavy (non-hydrogen) atoms. The minimum absolute atomic E-state index is 0.0303. The van der Waals surface area contributed by atoms with Gasteiger partial charge in [-0.25, -0.2) is 4.79 Å². The Morgan fingerprint density at radius 1 is 1.18 bits per heavy atom. The number of imide groups is 1. The third kappa shape index (κ3) is 3.64. The summed E-state index contributed by atoms with van der Waals surface area (Å²) in [5, 5.41) is 5.83. The SMILES string of the molecule is C[C@@]1(C2CC2)NC(=O)N(CC(=O)NCC2(N3CCOCC3)CCCCC2)C1=O. The van der Waals surface area contributed by atoms with E-state index < -0.39 is 11.6 Å². The van der Waals surface area contributed by atoms with Gasteiger partial charge in [-0.3, -0.25) is 19.4 Å². The summed E-state index contributed by atoms with van der Waals surface area (Å²) < 4.78 is 5.50. The van der Waals surface area contributed by atoms with Crippen LogP contribution < -0.4 is 10.6 Å². The predicted octanol–water partition coefficient (Wildman–Crippen LogP) is 0.858. The van der Waals surface area contributed by atoms with Crippen molar-refractivity contribution in [1.29, 1.82) is 0 Å². The van der Waals surface area contributed by atoms with Gasteiger partial charge in [0.15, 0.2) is 0 Å². The van der Waals surface area contributed by atoms with Gasteiger partial charge in [-0.15, -0.1) is 0 Å². The lowest BCUT2D eigenvalue weighted by molar-refractivity contribution is -0.135. The minimum atomic E-state index is -0.838. The highest BCUT2D eigenvalue weighted by molar-refractivity contribution is 6.09. The molecule has 2 N–H and O–H groups in total. The molecule has 0 aromatic heterocycles. The molecule has 0 aromatic carbocycles. The molecule has 0 aromatic rings. The van der Waals surface area contributed by atoms with E-state index >= 15 is 0 Å². The van der Waals surface area contributed by atoms with Gasteiger partial charge >= 0.3 is 6.03 Å². The molecule has 4 amide bonds. The molecule has 0 spiro atoms. The summed E-state index contributed by atoms with van der Waals surface area (Å²) in [5.74, 6) is -0.332. The number of urea groups is 1. The molecular weight excluding hydrogens is 360 g/mol. The van der Waals surface area contributed by atoms with E-state index in [-0.39, 0.29) is 29.8 Å². The van der Waals surface area contributed by atoms with Crippen molar-refractivity contribution < 1.29 is 19.1 Å². The summed E-state index contributed by atoms with van der Waals surface area (Å²) in [4.78, 5) is 41.2. The molecule has 0 radical (unpaired) electrons. The quantitative estimate of drug-likeness (QED) is 0.654. The number of carbonyl (C=O) groups excluding carboxylic acids is 3. The van der Waals surface area contributed by atoms with Crippen LogP contribution in [0.25, 0.3) is 0 Å². The molecule has 2 saturated carbocycles. The van der Waals surface area contributed by atoms with Gasteiger partial charge in [-0.05, 0) is 38.5 Å². The highest BCUT2D eigenvalue weighted by Crippen LogP contribution is 2.42. The third-order valence-corrected chi connectivity index (χ3v) is 7.08. The van der Waals surface area contributed by atoms with Gasteiger partial charge in [0.1, 0.15) is 12.1 Å². The summed E-state index contributed by atoms with van der Waals surface area (Å²) in [7, 11) is 0. The lowest BCUT2D eigenvalue weighted by Crippen LogP contribution is -2.60. The number of nitrogens with one attached hydrogen (secondary N) is 2. The summed E-state index contributed by atoms with van der Waals surface area (Å²) in [6.45, 7) is 5.39. The van der Waals surface area contributed by atoms with Crippen LogP contribution in [0.2, 0.25) is 0 Å². The zero-order chi connectivity index (χ0) is 19.8. The minimum Gasteiger partial charge on any atom is -0.379 e. The lowest BCUT2D eigenvalue weighted by atomic mass is 9.79. The Kier molecular flexibility index (Phi) is 5.35. The maximum absolute atomic E-state index is 12.7. The summed E-state index contributed by atoms with van der Waals surface area (Å²) >= 11 is 0. The Morgan fingerprint density at radius 2 is 1.86 bits per heavy atom. The van der Waals surface area contributed by atoms with Crippen molar-refractivity contribution in [1.82, 2.24) is 20.4 Å². The second kappa shape index (κ2) is 7.63. The van der Waals surface area contributed by atoms with Crippen molar-refractivity contribution >= 4 is 17.8 Å². The number of amides is 4. The fourth-order valence-electron chi connectivity index (χ4n) is 5.11. The zero-order valence-corrected chi connectivity index (χ0v) is 16.8. The molecule has 4 rings (SSSR count). The van der Waals surface area contributed by atoms with Crippen molar-refractivity contribution in [2.75, 3.05) is 39.4 Å². The average Bonchev–Trinajstić information content (AvgIpc) is 3.54. The smallest absolute Gasteiger partial charge is 0.325 e. The largest absolute Gasteiger partial charge is 0.379 e. The molecule has 2 heterocycles. The van der Waals surface area contributed by atoms with Crippen LogP contribution in [0, 0.1) is 5.92 Å². The molecule has 2 aliphatic heterocycles. The molecule has 2 saturated heterocycles. The van der Waals surface area contributed by atoms with Gasteiger partial charge in [0, 0.05) is 25.2 Å². The van der Waals surface area contributed by atoms with Gasteiger partial charge < -0.3 is 15.4 Å². The van der Waals surface area contributed by atoms with Crippen LogP contribution in [0.1, 0.15) is 51.9 Å². The summed E-state index contributed by atoms with van der Waals surface area (Å²) in [5.41, 5.74) is -0.868. The number of ether oxygens (including phenoxy) is 1. The normalized spacial score (nSPS) is 31.0. The molecule has 8 nitrogen and oxygen atoms in total. The number of rotatable bonds is 6. The topological polar surface area (TPSA) is 91.0 Å². The standard InChI is InChI=1S/C20H32N4O4/c1-19(15-5-6-15)17(26)24(18(27)22-19)13-16(25)21-14-20(7-3-2-4-8-20)23-9-11-28-12-10-23/h15H,2-14H2,1H3,(H,21,25)(H,22,27)/t19-/m0/s1. The van der Waals surface area contributed by atoms with E-state index in [1.54, 1.807) is 6.92 Å².